The van der Waals surface area contributed by atoms with E-state index in [9.17, 15) is 10.4 Å². The van der Waals surface area contributed by atoms with Gasteiger partial charge in [0.25, 0.3) is 0 Å². The lowest BCUT2D eigenvalue weighted by Crippen LogP contribution is -2.45. The lowest BCUT2D eigenvalue weighted by atomic mass is 10.0. The van der Waals surface area contributed by atoms with E-state index in [-0.39, 0.29) is 5.75 Å². The molecule has 1 atom stereocenters. The van der Waals surface area contributed by atoms with Crippen LogP contribution in [0.25, 0.3) is 0 Å². The van der Waals surface area contributed by atoms with E-state index in [0.717, 1.165) is 73.6 Å². The van der Waals surface area contributed by atoms with Crippen LogP contribution in [0, 0.1) is 18.3 Å². The Morgan fingerprint density at radius 1 is 1.15 bits per heavy atom. The molecule has 1 aromatic heterocycles. The van der Waals surface area contributed by atoms with Gasteiger partial charge in [-0.2, -0.15) is 10.2 Å². The average molecular weight is 457 g/mol. The Kier molecular flexibility index (Phi) is 7.61. The third kappa shape index (κ3) is 6.03. The largest absolute Gasteiger partial charge is 0.508 e. The van der Waals surface area contributed by atoms with Crippen molar-refractivity contribution in [2.45, 2.75) is 52.1 Å². The van der Waals surface area contributed by atoms with Crippen LogP contribution in [0.3, 0.4) is 0 Å². The fraction of sp³-hybridized carbons (Fsp3) is 0.370. The van der Waals surface area contributed by atoms with E-state index >= 15 is 0 Å². The van der Waals surface area contributed by atoms with Gasteiger partial charge in [0.05, 0.1) is 11.6 Å². The summed E-state index contributed by atoms with van der Waals surface area (Å²) in [5.41, 5.74) is 4.58. The first-order valence-corrected chi connectivity index (χ1v) is 12.0. The van der Waals surface area contributed by atoms with Crippen LogP contribution in [0.4, 0.5) is 17.5 Å². The molecule has 1 fully saturated rings. The van der Waals surface area contributed by atoms with Crippen LogP contribution in [0.2, 0.25) is 0 Å². The first kappa shape index (κ1) is 23.5. The molecule has 0 bridgehead atoms. The Balaban J connectivity index is 1.49. The van der Waals surface area contributed by atoms with Gasteiger partial charge < -0.3 is 20.6 Å². The Labute approximate surface area is 201 Å². The number of anilines is 3. The van der Waals surface area contributed by atoms with Gasteiger partial charge in [-0.15, -0.1) is 0 Å². The molecule has 7 heteroatoms. The molecule has 176 valence electrons. The number of nitrogens with one attached hydrogen (secondary N) is 2. The summed E-state index contributed by atoms with van der Waals surface area (Å²) in [7, 11) is 0. The molecule has 0 amide bonds. The minimum Gasteiger partial charge on any atom is -0.508 e. The number of phenolic OH excluding ortho intramolecular Hbond substituents is 1. The van der Waals surface area contributed by atoms with Gasteiger partial charge in [-0.1, -0.05) is 31.5 Å². The number of piperidine rings is 1. The Morgan fingerprint density at radius 3 is 2.74 bits per heavy atom. The van der Waals surface area contributed by atoms with Crippen LogP contribution < -0.4 is 15.5 Å². The summed E-state index contributed by atoms with van der Waals surface area (Å²) in [6.07, 6.45) is 4.10. The summed E-state index contributed by atoms with van der Waals surface area (Å²) in [6.45, 7) is 6.69. The van der Waals surface area contributed by atoms with E-state index in [1.54, 1.807) is 12.1 Å². The molecule has 7 nitrogen and oxygen atoms in total. The molecule has 3 aromatic rings. The van der Waals surface area contributed by atoms with E-state index in [1.165, 1.54) is 0 Å². The van der Waals surface area contributed by atoms with Crippen LogP contribution in [0.5, 0.6) is 5.75 Å². The number of benzene rings is 2. The summed E-state index contributed by atoms with van der Waals surface area (Å²) in [6, 6.07) is 17.8. The number of aromatic hydroxyl groups is 1. The van der Waals surface area contributed by atoms with Gasteiger partial charge in [0, 0.05) is 43.1 Å². The molecule has 0 spiro atoms. The van der Waals surface area contributed by atoms with Crippen LogP contribution in [0.15, 0.2) is 48.5 Å². The van der Waals surface area contributed by atoms with Gasteiger partial charge in [-0.3, -0.25) is 0 Å². The highest BCUT2D eigenvalue weighted by Crippen LogP contribution is 2.24. The lowest BCUT2D eigenvalue weighted by Gasteiger charge is -2.34. The standard InChI is InChI=1S/C27H32N6O/c1-3-5-22-15-26(32-27(30-22)31-23-10-7-19(2)21(14-23)16-28)33-13-4-6-24(18-33)29-17-20-8-11-25(34)12-9-20/h7-12,14-15,24,29,34H,3-6,13,17-18H2,1-2H3,(H,30,31,32). The third-order valence-electron chi connectivity index (χ3n) is 6.16. The second kappa shape index (κ2) is 11.0. The predicted octanol–water partition coefficient (Wildman–Crippen LogP) is 4.82. The molecule has 0 saturated carbocycles. The second-order valence-corrected chi connectivity index (χ2v) is 8.89. The molecule has 1 saturated heterocycles. The molecule has 34 heavy (non-hydrogen) atoms. The van der Waals surface area contributed by atoms with Gasteiger partial charge in [0.15, 0.2) is 0 Å². The molecule has 1 aliphatic rings. The number of nitrogens with zero attached hydrogens (tertiary/aromatic N) is 4. The van der Waals surface area contributed by atoms with Gasteiger partial charge in [0.1, 0.15) is 11.6 Å². The average Bonchev–Trinajstić information content (AvgIpc) is 2.85. The van der Waals surface area contributed by atoms with Crippen molar-refractivity contribution in [2.24, 2.45) is 0 Å². The maximum Gasteiger partial charge on any atom is 0.229 e. The monoisotopic (exact) mass is 456 g/mol. The molecular formula is C27H32N6O. The zero-order valence-electron chi connectivity index (χ0n) is 19.9. The predicted molar refractivity (Wildman–Crippen MR) is 135 cm³/mol. The van der Waals surface area contributed by atoms with E-state index in [1.807, 2.05) is 37.3 Å². The smallest absolute Gasteiger partial charge is 0.229 e. The highest BCUT2D eigenvalue weighted by molar-refractivity contribution is 5.59. The minimum atomic E-state index is 0.290. The van der Waals surface area contributed by atoms with Crippen molar-refractivity contribution in [3.8, 4) is 11.8 Å². The van der Waals surface area contributed by atoms with E-state index in [4.69, 9.17) is 9.97 Å². The van der Waals surface area contributed by atoms with Gasteiger partial charge >= 0.3 is 0 Å². The summed E-state index contributed by atoms with van der Waals surface area (Å²) >= 11 is 0. The minimum absolute atomic E-state index is 0.290. The SMILES string of the molecule is CCCc1cc(N2CCCC(NCc3ccc(O)cc3)C2)nc(Nc2ccc(C)c(C#N)c2)n1. The molecule has 1 aliphatic heterocycles. The van der Waals surface area contributed by atoms with Crippen molar-refractivity contribution in [1.29, 1.82) is 5.26 Å². The molecule has 0 radical (unpaired) electrons. The maximum atomic E-state index is 9.49. The second-order valence-electron chi connectivity index (χ2n) is 8.89. The van der Waals surface area contributed by atoms with Crippen molar-refractivity contribution in [1.82, 2.24) is 15.3 Å². The van der Waals surface area contributed by atoms with E-state index in [0.29, 0.717) is 17.6 Å². The maximum absolute atomic E-state index is 9.49. The highest BCUT2D eigenvalue weighted by atomic mass is 16.3. The van der Waals surface area contributed by atoms with E-state index < -0.39 is 0 Å². The summed E-state index contributed by atoms with van der Waals surface area (Å²) in [5.74, 6) is 1.79. The normalized spacial score (nSPS) is 15.7. The van der Waals surface area contributed by atoms with Crippen LogP contribution in [0.1, 0.15) is 48.6 Å². The van der Waals surface area contributed by atoms with Crippen molar-refractivity contribution in [2.75, 3.05) is 23.3 Å². The highest BCUT2D eigenvalue weighted by Gasteiger charge is 2.22. The van der Waals surface area contributed by atoms with Crippen molar-refractivity contribution < 1.29 is 5.11 Å². The van der Waals surface area contributed by atoms with Crippen LogP contribution in [-0.2, 0) is 13.0 Å². The number of hydrogen-bond donors (Lipinski definition) is 3. The number of rotatable bonds is 8. The van der Waals surface area contributed by atoms with E-state index in [2.05, 4.69) is 34.6 Å². The fourth-order valence-corrected chi connectivity index (χ4v) is 4.26. The molecule has 1 unspecified atom stereocenters. The third-order valence-corrected chi connectivity index (χ3v) is 6.16. The van der Waals surface area contributed by atoms with Crippen molar-refractivity contribution in [3.05, 3.63) is 70.9 Å². The van der Waals surface area contributed by atoms with Gasteiger partial charge in [-0.25, -0.2) is 4.98 Å². The molecule has 2 heterocycles. The van der Waals surface area contributed by atoms with Crippen LogP contribution in [-0.4, -0.2) is 34.2 Å². The number of aromatic nitrogens is 2. The van der Waals surface area contributed by atoms with Gasteiger partial charge in [-0.05, 0) is 61.6 Å². The van der Waals surface area contributed by atoms with Crippen LogP contribution >= 0.6 is 0 Å². The summed E-state index contributed by atoms with van der Waals surface area (Å²) in [4.78, 5) is 11.9. The number of phenols is 1. The molecular weight excluding hydrogens is 424 g/mol. The Morgan fingerprint density at radius 2 is 1.97 bits per heavy atom. The Hall–Kier alpha value is -3.63. The van der Waals surface area contributed by atoms with Crippen molar-refractivity contribution >= 4 is 17.5 Å². The number of nitriles is 1. The number of aryl methyl sites for hydroxylation is 2. The van der Waals surface area contributed by atoms with Crippen molar-refractivity contribution in [3.63, 3.8) is 0 Å². The summed E-state index contributed by atoms with van der Waals surface area (Å²) in [5, 5.41) is 25.8. The quantitative estimate of drug-likeness (QED) is 0.447. The molecule has 0 aliphatic carbocycles. The zero-order valence-corrected chi connectivity index (χ0v) is 19.9. The summed E-state index contributed by atoms with van der Waals surface area (Å²) < 4.78 is 0. The first-order chi connectivity index (χ1) is 16.5. The lowest BCUT2D eigenvalue weighted by molar-refractivity contribution is 0.419. The zero-order chi connectivity index (χ0) is 23.9. The van der Waals surface area contributed by atoms with Gasteiger partial charge in [0.2, 0.25) is 5.95 Å². The first-order valence-electron chi connectivity index (χ1n) is 12.0. The molecule has 4 rings (SSSR count). The topological polar surface area (TPSA) is 97.1 Å². The fourth-order valence-electron chi connectivity index (χ4n) is 4.26. The molecule has 2 aromatic carbocycles. The molecule has 3 N–H and O–H groups in total. The Bertz CT molecular complexity index is 1150. The number of hydrogen-bond acceptors (Lipinski definition) is 7.